The first-order valence-electron chi connectivity index (χ1n) is 9.66. The van der Waals surface area contributed by atoms with Gasteiger partial charge in [0, 0.05) is 52.2 Å². The number of hydrogen-bond donors (Lipinski definition) is 3. The minimum atomic E-state index is 0.617. The third-order valence-corrected chi connectivity index (χ3v) is 5.36. The highest BCUT2D eigenvalue weighted by Gasteiger charge is 2.16. The molecule has 7 heteroatoms. The Balaban J connectivity index is 1.51. The molecule has 7 nitrogen and oxygen atoms in total. The number of fused-ring (bicyclic) bond motifs is 2. The van der Waals surface area contributed by atoms with E-state index in [0.29, 0.717) is 11.3 Å². The average molecular weight is 391 g/mol. The molecule has 0 bridgehead atoms. The number of nitrogen functional groups attached to an aromatic ring is 1. The van der Waals surface area contributed by atoms with Gasteiger partial charge in [0.15, 0.2) is 5.65 Å². The van der Waals surface area contributed by atoms with Crippen molar-refractivity contribution in [2.24, 2.45) is 0 Å². The molecule has 0 spiro atoms. The van der Waals surface area contributed by atoms with Gasteiger partial charge in [-0.1, -0.05) is 18.2 Å². The van der Waals surface area contributed by atoms with Crippen molar-refractivity contribution in [2.45, 2.75) is 6.42 Å². The van der Waals surface area contributed by atoms with Crippen molar-refractivity contribution >= 4 is 33.2 Å². The van der Waals surface area contributed by atoms with Crippen LogP contribution in [0.3, 0.4) is 0 Å². The van der Waals surface area contributed by atoms with E-state index in [1.165, 1.54) is 0 Å². The van der Waals surface area contributed by atoms with Gasteiger partial charge in [0.05, 0.1) is 22.8 Å². The first kappa shape index (κ1) is 16.7. The summed E-state index contributed by atoms with van der Waals surface area (Å²) in [6.45, 7) is 0. The number of rotatable bonds is 3. The number of pyridine rings is 3. The summed E-state index contributed by atoms with van der Waals surface area (Å²) in [7, 11) is 0. The van der Waals surface area contributed by atoms with Crippen LogP contribution in [-0.4, -0.2) is 30.1 Å². The van der Waals surface area contributed by atoms with E-state index in [1.807, 2.05) is 18.3 Å². The fraction of sp³-hybridized carbons (Fsp3) is 0.0435. The van der Waals surface area contributed by atoms with Crippen molar-refractivity contribution in [3.63, 3.8) is 0 Å². The highest BCUT2D eigenvalue weighted by Crippen LogP contribution is 2.33. The van der Waals surface area contributed by atoms with Crippen molar-refractivity contribution in [3.8, 4) is 22.5 Å². The second kappa shape index (κ2) is 6.38. The number of nitrogens with one attached hydrogen (secondary N) is 2. The summed E-state index contributed by atoms with van der Waals surface area (Å²) in [4.78, 5) is 16.8. The summed E-state index contributed by atoms with van der Waals surface area (Å²) in [6.07, 6.45) is 14.4. The molecule has 0 saturated heterocycles. The Hall–Kier alpha value is -4.26. The van der Waals surface area contributed by atoms with Crippen molar-refractivity contribution < 1.29 is 0 Å². The highest BCUT2D eigenvalue weighted by atomic mass is 15.2. The molecular formula is C23H17N7. The molecule has 0 unspecified atom stereocenters. The average Bonchev–Trinajstić information content (AvgIpc) is 3.51. The molecule has 144 valence electrons. The number of anilines is 1. The molecule has 30 heavy (non-hydrogen) atoms. The molecule has 4 N–H and O–H groups in total. The molecule has 0 saturated carbocycles. The number of aromatic amines is 2. The molecule has 6 rings (SSSR count). The maximum Gasteiger partial charge on any atom is 0.181 e. The van der Waals surface area contributed by atoms with E-state index < -0.39 is 0 Å². The van der Waals surface area contributed by atoms with E-state index in [0.717, 1.165) is 56.5 Å². The van der Waals surface area contributed by atoms with Crippen LogP contribution >= 0.6 is 0 Å². The fourth-order valence-corrected chi connectivity index (χ4v) is 3.93. The number of allylic oxidation sites excluding steroid dienone is 4. The molecular weight excluding hydrogens is 374 g/mol. The second-order valence-corrected chi connectivity index (χ2v) is 7.30. The topological polar surface area (TPSA) is 109 Å². The summed E-state index contributed by atoms with van der Waals surface area (Å²) in [6, 6.07) is 8.05. The number of H-pyrrole nitrogens is 2. The monoisotopic (exact) mass is 391 g/mol. The van der Waals surface area contributed by atoms with E-state index >= 15 is 0 Å². The van der Waals surface area contributed by atoms with Gasteiger partial charge < -0.3 is 10.7 Å². The Morgan fingerprint density at radius 3 is 2.77 bits per heavy atom. The van der Waals surface area contributed by atoms with E-state index in [9.17, 15) is 0 Å². The third kappa shape index (κ3) is 2.60. The first-order valence-corrected chi connectivity index (χ1v) is 9.66. The Labute approximate surface area is 171 Å². The van der Waals surface area contributed by atoms with Crippen molar-refractivity contribution in [3.05, 3.63) is 73.0 Å². The van der Waals surface area contributed by atoms with E-state index in [1.54, 1.807) is 18.6 Å². The maximum absolute atomic E-state index is 5.90. The van der Waals surface area contributed by atoms with Gasteiger partial charge in [0.1, 0.15) is 0 Å². The molecule has 5 heterocycles. The maximum atomic E-state index is 5.90. The van der Waals surface area contributed by atoms with Crippen LogP contribution in [0.15, 0.2) is 67.3 Å². The van der Waals surface area contributed by atoms with E-state index in [-0.39, 0.29) is 0 Å². The van der Waals surface area contributed by atoms with Crippen LogP contribution in [0.4, 0.5) is 5.69 Å². The van der Waals surface area contributed by atoms with Gasteiger partial charge >= 0.3 is 0 Å². The largest absolute Gasteiger partial charge is 0.397 e. The van der Waals surface area contributed by atoms with Gasteiger partial charge in [0.25, 0.3) is 0 Å². The van der Waals surface area contributed by atoms with Crippen LogP contribution in [0.2, 0.25) is 0 Å². The smallest absolute Gasteiger partial charge is 0.181 e. The quantitative estimate of drug-likeness (QED) is 0.420. The predicted octanol–water partition coefficient (Wildman–Crippen LogP) is 4.49. The zero-order valence-electron chi connectivity index (χ0n) is 15.9. The molecule has 0 fully saturated rings. The number of hydrogen-bond acceptors (Lipinski definition) is 5. The van der Waals surface area contributed by atoms with Crippen LogP contribution in [0.5, 0.6) is 0 Å². The zero-order valence-corrected chi connectivity index (χ0v) is 15.9. The van der Waals surface area contributed by atoms with Gasteiger partial charge in [-0.3, -0.25) is 15.1 Å². The third-order valence-electron chi connectivity index (χ3n) is 5.36. The zero-order chi connectivity index (χ0) is 20.1. The summed E-state index contributed by atoms with van der Waals surface area (Å²) in [5, 5.41) is 9.53. The first-order chi connectivity index (χ1) is 14.8. The summed E-state index contributed by atoms with van der Waals surface area (Å²) in [5.41, 5.74) is 14.0. The summed E-state index contributed by atoms with van der Waals surface area (Å²) < 4.78 is 0. The molecule has 0 radical (unpaired) electrons. The van der Waals surface area contributed by atoms with Gasteiger partial charge in [-0.2, -0.15) is 5.10 Å². The lowest BCUT2D eigenvalue weighted by Crippen LogP contribution is -1.88. The molecule has 0 aliphatic heterocycles. The predicted molar refractivity (Wildman–Crippen MR) is 118 cm³/mol. The van der Waals surface area contributed by atoms with Crippen LogP contribution in [0.1, 0.15) is 12.1 Å². The molecule has 0 amide bonds. The van der Waals surface area contributed by atoms with Crippen molar-refractivity contribution in [1.82, 2.24) is 30.1 Å². The van der Waals surface area contributed by atoms with Gasteiger partial charge in [-0.25, -0.2) is 4.98 Å². The number of nitrogens with zero attached hydrogens (tertiary/aromatic N) is 4. The molecule has 5 aromatic heterocycles. The fourth-order valence-electron chi connectivity index (χ4n) is 3.93. The van der Waals surface area contributed by atoms with Crippen molar-refractivity contribution in [1.29, 1.82) is 0 Å². The van der Waals surface area contributed by atoms with Gasteiger partial charge in [-0.05, 0) is 36.3 Å². The van der Waals surface area contributed by atoms with E-state index in [2.05, 4.69) is 60.5 Å². The number of nitrogens with two attached hydrogens (primary N) is 1. The molecule has 0 aromatic carbocycles. The van der Waals surface area contributed by atoms with E-state index in [4.69, 9.17) is 5.73 Å². The van der Waals surface area contributed by atoms with Crippen LogP contribution in [-0.2, 0) is 0 Å². The van der Waals surface area contributed by atoms with Crippen molar-refractivity contribution in [2.75, 3.05) is 5.73 Å². The molecule has 1 aliphatic carbocycles. The Morgan fingerprint density at radius 1 is 0.967 bits per heavy atom. The molecule has 1 aliphatic rings. The minimum Gasteiger partial charge on any atom is -0.397 e. The van der Waals surface area contributed by atoms with Crippen LogP contribution in [0.25, 0.3) is 50.0 Å². The van der Waals surface area contributed by atoms with Gasteiger partial charge in [0.2, 0.25) is 0 Å². The standard InChI is InChI=1S/C23H17N7/c24-16-7-14(10-25-12-16)15-8-18-22(29-30-23(18)27-11-15)20-9-17-19(28-20)5-6-26-21(17)13-3-1-2-4-13/h1,3-12,28H,2,24H2,(H,27,29,30). The molecule has 0 atom stereocenters. The summed E-state index contributed by atoms with van der Waals surface area (Å²) in [5.74, 6) is 0. The molecule has 5 aromatic rings. The Kier molecular flexibility index (Phi) is 3.55. The SMILES string of the molecule is Nc1cncc(-c2cnc3n[nH]c(-c4cc5c(C6=CCC=C6)nccc5[nH]4)c3c2)c1. The second-order valence-electron chi connectivity index (χ2n) is 7.30. The normalized spacial score (nSPS) is 13.4. The van der Waals surface area contributed by atoms with Gasteiger partial charge in [-0.15, -0.1) is 0 Å². The lowest BCUT2D eigenvalue weighted by Gasteiger charge is -2.02. The lowest BCUT2D eigenvalue weighted by molar-refractivity contribution is 1.10. The number of aromatic nitrogens is 6. The Bertz CT molecular complexity index is 1490. The highest BCUT2D eigenvalue weighted by molar-refractivity contribution is 5.99. The van der Waals surface area contributed by atoms with Crippen LogP contribution < -0.4 is 5.73 Å². The summed E-state index contributed by atoms with van der Waals surface area (Å²) >= 11 is 0. The lowest BCUT2D eigenvalue weighted by atomic mass is 10.1. The van der Waals surface area contributed by atoms with Crippen LogP contribution in [0, 0.1) is 0 Å². The minimum absolute atomic E-state index is 0.617. The Morgan fingerprint density at radius 2 is 1.90 bits per heavy atom.